The monoisotopic (exact) mass is 317 g/mol. The van der Waals surface area contributed by atoms with Crippen LogP contribution in [0.15, 0.2) is 0 Å². The van der Waals surface area contributed by atoms with Gasteiger partial charge in [0.1, 0.15) is 0 Å². The lowest BCUT2D eigenvalue weighted by Crippen LogP contribution is -2.43. The van der Waals surface area contributed by atoms with E-state index in [1.807, 2.05) is 0 Å². The zero-order valence-corrected chi connectivity index (χ0v) is 13.9. The molecule has 3 heteroatoms. The van der Waals surface area contributed by atoms with Crippen LogP contribution in [-0.2, 0) is 4.79 Å². The smallest absolute Gasteiger partial charge is 0.223 e. The predicted octanol–water partition coefficient (Wildman–Crippen LogP) is 4.13. The SMILES string of the molecule is CCC(CC)(CBr)CNC(=O)C1CCCC1(C)C. The summed E-state index contributed by atoms with van der Waals surface area (Å²) in [6, 6.07) is 0. The van der Waals surface area contributed by atoms with Gasteiger partial charge in [-0.3, -0.25) is 4.79 Å². The minimum Gasteiger partial charge on any atom is -0.355 e. The maximum Gasteiger partial charge on any atom is 0.223 e. The van der Waals surface area contributed by atoms with Gasteiger partial charge in [0.2, 0.25) is 5.91 Å². The van der Waals surface area contributed by atoms with Gasteiger partial charge in [0, 0.05) is 17.8 Å². The van der Waals surface area contributed by atoms with Crippen LogP contribution in [0.3, 0.4) is 0 Å². The first kappa shape index (κ1) is 16.0. The number of rotatable bonds is 6. The standard InChI is InChI=1S/C15H28BrNO/c1-5-15(6-2,10-16)11-17-13(18)12-8-7-9-14(12,3)4/h12H,5-11H2,1-4H3,(H,17,18). The zero-order chi connectivity index (χ0) is 13.8. The number of amides is 1. The molecule has 0 radical (unpaired) electrons. The molecule has 1 amide bonds. The van der Waals surface area contributed by atoms with Crippen LogP contribution >= 0.6 is 15.9 Å². The predicted molar refractivity (Wildman–Crippen MR) is 80.9 cm³/mol. The van der Waals surface area contributed by atoms with E-state index in [4.69, 9.17) is 0 Å². The average Bonchev–Trinajstić information content (AvgIpc) is 2.71. The van der Waals surface area contributed by atoms with E-state index in [1.165, 1.54) is 12.8 Å². The highest BCUT2D eigenvalue weighted by Crippen LogP contribution is 2.42. The molecule has 1 unspecified atom stereocenters. The van der Waals surface area contributed by atoms with Crippen LogP contribution in [0.4, 0.5) is 0 Å². The second-order valence-electron chi connectivity index (χ2n) is 6.49. The van der Waals surface area contributed by atoms with Gasteiger partial charge in [0.15, 0.2) is 0 Å². The molecule has 0 bridgehead atoms. The van der Waals surface area contributed by atoms with Crippen molar-refractivity contribution in [1.82, 2.24) is 5.32 Å². The van der Waals surface area contributed by atoms with Crippen LogP contribution < -0.4 is 5.32 Å². The zero-order valence-electron chi connectivity index (χ0n) is 12.3. The fourth-order valence-corrected chi connectivity index (χ4v) is 3.94. The van der Waals surface area contributed by atoms with Crippen LogP contribution in [0, 0.1) is 16.7 Å². The lowest BCUT2D eigenvalue weighted by molar-refractivity contribution is -0.128. The fraction of sp³-hybridized carbons (Fsp3) is 0.933. The molecular formula is C15H28BrNO. The third-order valence-corrected chi connectivity index (χ3v) is 6.18. The summed E-state index contributed by atoms with van der Waals surface area (Å²) in [6.07, 6.45) is 5.62. The van der Waals surface area contributed by atoms with Gasteiger partial charge >= 0.3 is 0 Å². The molecule has 1 rings (SSSR count). The Hall–Kier alpha value is -0.0500. The van der Waals surface area contributed by atoms with Crippen LogP contribution in [0.2, 0.25) is 0 Å². The van der Waals surface area contributed by atoms with Crippen molar-refractivity contribution in [2.24, 2.45) is 16.7 Å². The van der Waals surface area contributed by atoms with Crippen molar-refractivity contribution in [3.63, 3.8) is 0 Å². The van der Waals surface area contributed by atoms with E-state index in [-0.39, 0.29) is 22.7 Å². The minimum absolute atomic E-state index is 0.180. The summed E-state index contributed by atoms with van der Waals surface area (Å²) in [7, 11) is 0. The Kier molecular flexibility index (Phi) is 5.69. The Bertz CT molecular complexity index is 276. The van der Waals surface area contributed by atoms with Crippen LogP contribution in [0.25, 0.3) is 0 Å². The van der Waals surface area contributed by atoms with Crippen LogP contribution in [-0.4, -0.2) is 17.8 Å². The van der Waals surface area contributed by atoms with Crippen molar-refractivity contribution < 1.29 is 4.79 Å². The molecule has 0 aromatic heterocycles. The first-order valence-electron chi connectivity index (χ1n) is 7.24. The number of carbonyl (C=O) groups is 1. The van der Waals surface area contributed by atoms with Crippen LogP contribution in [0.1, 0.15) is 59.8 Å². The van der Waals surface area contributed by atoms with Gasteiger partial charge in [-0.1, -0.05) is 50.0 Å². The van der Waals surface area contributed by atoms with Crippen molar-refractivity contribution >= 4 is 21.8 Å². The van der Waals surface area contributed by atoms with Gasteiger partial charge in [-0.2, -0.15) is 0 Å². The molecule has 1 atom stereocenters. The first-order chi connectivity index (χ1) is 8.40. The molecule has 2 nitrogen and oxygen atoms in total. The van der Waals surface area contributed by atoms with Gasteiger partial charge in [-0.25, -0.2) is 0 Å². The van der Waals surface area contributed by atoms with E-state index in [2.05, 4.69) is 48.9 Å². The summed E-state index contributed by atoms with van der Waals surface area (Å²) in [4.78, 5) is 12.3. The average molecular weight is 318 g/mol. The summed E-state index contributed by atoms with van der Waals surface area (Å²) in [5, 5.41) is 4.16. The minimum atomic E-state index is 0.180. The number of hydrogen-bond acceptors (Lipinski definition) is 1. The van der Waals surface area contributed by atoms with E-state index in [9.17, 15) is 4.79 Å². The molecule has 1 saturated carbocycles. The molecule has 0 aromatic carbocycles. The van der Waals surface area contributed by atoms with Gasteiger partial charge in [-0.15, -0.1) is 0 Å². The lowest BCUT2D eigenvalue weighted by atomic mass is 9.80. The molecule has 1 N–H and O–H groups in total. The van der Waals surface area contributed by atoms with E-state index in [1.54, 1.807) is 0 Å². The summed E-state index contributed by atoms with van der Waals surface area (Å²) in [6.45, 7) is 9.66. The first-order valence-corrected chi connectivity index (χ1v) is 8.36. The van der Waals surface area contributed by atoms with Crippen molar-refractivity contribution in [3.8, 4) is 0 Å². The summed E-state index contributed by atoms with van der Waals surface area (Å²) in [5.74, 6) is 0.476. The quantitative estimate of drug-likeness (QED) is 0.733. The Balaban J connectivity index is 2.55. The molecule has 0 heterocycles. The highest BCUT2D eigenvalue weighted by molar-refractivity contribution is 9.09. The largest absolute Gasteiger partial charge is 0.355 e. The van der Waals surface area contributed by atoms with Crippen molar-refractivity contribution in [2.45, 2.75) is 59.8 Å². The summed E-state index contributed by atoms with van der Waals surface area (Å²) < 4.78 is 0. The molecule has 0 saturated heterocycles. The topological polar surface area (TPSA) is 29.1 Å². The summed E-state index contributed by atoms with van der Waals surface area (Å²) >= 11 is 3.60. The molecule has 1 aliphatic rings. The van der Waals surface area contributed by atoms with Crippen molar-refractivity contribution in [2.75, 3.05) is 11.9 Å². The molecule has 106 valence electrons. The number of nitrogens with one attached hydrogen (secondary N) is 1. The second kappa shape index (κ2) is 6.40. The van der Waals surface area contributed by atoms with Gasteiger partial charge in [0.25, 0.3) is 0 Å². The normalized spacial score (nSPS) is 23.1. The highest BCUT2D eigenvalue weighted by Gasteiger charge is 2.39. The molecule has 18 heavy (non-hydrogen) atoms. The van der Waals surface area contributed by atoms with E-state index >= 15 is 0 Å². The van der Waals surface area contributed by atoms with Crippen LogP contribution in [0.5, 0.6) is 0 Å². The molecule has 0 aromatic rings. The molecule has 1 fully saturated rings. The number of carbonyl (C=O) groups excluding carboxylic acids is 1. The molecular weight excluding hydrogens is 290 g/mol. The number of halogens is 1. The van der Waals surface area contributed by atoms with Gasteiger partial charge < -0.3 is 5.32 Å². The van der Waals surface area contributed by atoms with Gasteiger partial charge in [0.05, 0.1) is 0 Å². The second-order valence-corrected chi connectivity index (χ2v) is 7.05. The maximum atomic E-state index is 12.3. The van der Waals surface area contributed by atoms with E-state index in [0.717, 1.165) is 31.1 Å². The third kappa shape index (κ3) is 3.49. The lowest BCUT2D eigenvalue weighted by Gasteiger charge is -2.32. The number of alkyl halides is 1. The Morgan fingerprint density at radius 2 is 2.00 bits per heavy atom. The third-order valence-electron chi connectivity index (χ3n) is 4.99. The molecule has 0 spiro atoms. The van der Waals surface area contributed by atoms with E-state index < -0.39 is 0 Å². The Labute approximate surface area is 120 Å². The summed E-state index contributed by atoms with van der Waals surface area (Å²) in [5.41, 5.74) is 0.401. The Morgan fingerprint density at radius 1 is 1.39 bits per heavy atom. The van der Waals surface area contributed by atoms with Gasteiger partial charge in [-0.05, 0) is 36.5 Å². The maximum absolute atomic E-state index is 12.3. The van der Waals surface area contributed by atoms with Crippen molar-refractivity contribution in [1.29, 1.82) is 0 Å². The van der Waals surface area contributed by atoms with Crippen molar-refractivity contribution in [3.05, 3.63) is 0 Å². The molecule has 0 aliphatic heterocycles. The molecule has 1 aliphatic carbocycles. The number of hydrogen-bond donors (Lipinski definition) is 1. The highest BCUT2D eigenvalue weighted by atomic mass is 79.9. The Morgan fingerprint density at radius 3 is 2.39 bits per heavy atom. The fourth-order valence-electron chi connectivity index (χ4n) is 2.95. The van der Waals surface area contributed by atoms with E-state index in [0.29, 0.717) is 0 Å².